The van der Waals surface area contributed by atoms with Gasteiger partial charge in [-0.1, -0.05) is 0 Å². The van der Waals surface area contributed by atoms with Crippen LogP contribution in [0.25, 0.3) is 11.0 Å². The molecular weight excluding hydrogens is 322 g/mol. The van der Waals surface area contributed by atoms with Gasteiger partial charge in [-0.05, 0) is 49.4 Å². The van der Waals surface area contributed by atoms with Crippen LogP contribution in [0.5, 0.6) is 11.5 Å². The molecule has 1 heterocycles. The summed E-state index contributed by atoms with van der Waals surface area (Å²) in [6, 6.07) is 15.2. The second-order valence-electron chi connectivity index (χ2n) is 5.25. The van der Waals surface area contributed by atoms with E-state index >= 15 is 0 Å². The summed E-state index contributed by atoms with van der Waals surface area (Å²) in [5.74, 6) is 0.900. The van der Waals surface area contributed by atoms with E-state index in [0.717, 1.165) is 11.1 Å². The lowest BCUT2D eigenvalue weighted by Gasteiger charge is -2.09. The fourth-order valence-corrected chi connectivity index (χ4v) is 2.28. The highest BCUT2D eigenvalue weighted by atomic mass is 16.5. The number of ether oxygens (including phenoxy) is 2. The van der Waals surface area contributed by atoms with Crippen molar-refractivity contribution in [3.8, 4) is 11.5 Å². The number of amides is 1. The van der Waals surface area contributed by atoms with Crippen molar-refractivity contribution in [3.63, 3.8) is 0 Å². The molecule has 6 nitrogen and oxygen atoms in total. The van der Waals surface area contributed by atoms with Gasteiger partial charge in [0.05, 0.1) is 6.61 Å². The highest BCUT2D eigenvalue weighted by Gasteiger charge is 2.06. The molecule has 6 heteroatoms. The molecule has 2 aromatic carbocycles. The molecule has 0 bridgehead atoms. The lowest BCUT2D eigenvalue weighted by molar-refractivity contribution is -0.118. The van der Waals surface area contributed by atoms with Crippen LogP contribution in [0.15, 0.2) is 63.8 Å². The van der Waals surface area contributed by atoms with Crippen LogP contribution in [-0.2, 0) is 4.79 Å². The fraction of sp³-hybridized carbons (Fsp3) is 0.158. The first-order chi connectivity index (χ1) is 12.1. The summed E-state index contributed by atoms with van der Waals surface area (Å²) in [5.41, 5.74) is 0.636. The fourth-order valence-electron chi connectivity index (χ4n) is 2.28. The van der Waals surface area contributed by atoms with Gasteiger partial charge in [-0.3, -0.25) is 4.79 Å². The Balaban J connectivity index is 1.59. The zero-order valence-electron chi connectivity index (χ0n) is 13.7. The summed E-state index contributed by atoms with van der Waals surface area (Å²) in [6.45, 7) is 2.34. The highest BCUT2D eigenvalue weighted by Crippen LogP contribution is 2.20. The van der Waals surface area contributed by atoms with Crippen molar-refractivity contribution in [2.24, 2.45) is 0 Å². The first-order valence-electron chi connectivity index (χ1n) is 7.83. The van der Waals surface area contributed by atoms with Crippen LogP contribution in [0.1, 0.15) is 6.92 Å². The van der Waals surface area contributed by atoms with Crippen molar-refractivity contribution in [1.29, 1.82) is 0 Å². The summed E-state index contributed by atoms with van der Waals surface area (Å²) in [7, 11) is 0. The van der Waals surface area contributed by atoms with E-state index in [1.54, 1.807) is 48.5 Å². The molecule has 0 aliphatic rings. The number of hydrogen-bond donors (Lipinski definition) is 1. The Kier molecular flexibility index (Phi) is 4.99. The molecule has 128 valence electrons. The van der Waals surface area contributed by atoms with Crippen LogP contribution in [-0.4, -0.2) is 19.1 Å². The summed E-state index contributed by atoms with van der Waals surface area (Å²) in [6.07, 6.45) is 0. The number of nitrogens with one attached hydrogen (secondary N) is 1. The van der Waals surface area contributed by atoms with Gasteiger partial charge in [-0.25, -0.2) is 4.79 Å². The van der Waals surface area contributed by atoms with E-state index in [2.05, 4.69) is 5.32 Å². The molecule has 25 heavy (non-hydrogen) atoms. The molecule has 1 aromatic heterocycles. The predicted molar refractivity (Wildman–Crippen MR) is 94.2 cm³/mol. The Bertz CT molecular complexity index is 930. The van der Waals surface area contributed by atoms with Gasteiger partial charge in [0, 0.05) is 23.2 Å². The summed E-state index contributed by atoms with van der Waals surface area (Å²) < 4.78 is 15.9. The van der Waals surface area contributed by atoms with Gasteiger partial charge in [0.1, 0.15) is 17.1 Å². The Morgan fingerprint density at radius 2 is 1.72 bits per heavy atom. The van der Waals surface area contributed by atoms with Crippen molar-refractivity contribution in [2.45, 2.75) is 6.92 Å². The Morgan fingerprint density at radius 3 is 2.48 bits per heavy atom. The van der Waals surface area contributed by atoms with Crippen molar-refractivity contribution >= 4 is 22.6 Å². The van der Waals surface area contributed by atoms with Gasteiger partial charge < -0.3 is 19.2 Å². The van der Waals surface area contributed by atoms with Crippen molar-refractivity contribution in [2.75, 3.05) is 18.5 Å². The first kappa shape index (κ1) is 16.6. The van der Waals surface area contributed by atoms with E-state index in [-0.39, 0.29) is 12.5 Å². The van der Waals surface area contributed by atoms with E-state index in [0.29, 0.717) is 23.6 Å². The third kappa shape index (κ3) is 4.38. The van der Waals surface area contributed by atoms with Crippen LogP contribution < -0.4 is 20.4 Å². The van der Waals surface area contributed by atoms with Crippen molar-refractivity contribution < 1.29 is 18.7 Å². The Morgan fingerprint density at radius 1 is 1.00 bits per heavy atom. The summed E-state index contributed by atoms with van der Waals surface area (Å²) in [5, 5.41) is 3.52. The molecule has 3 rings (SSSR count). The smallest absolute Gasteiger partial charge is 0.336 e. The topological polar surface area (TPSA) is 77.8 Å². The molecule has 0 saturated carbocycles. The predicted octanol–water partition coefficient (Wildman–Crippen LogP) is 3.21. The minimum Gasteiger partial charge on any atom is -0.494 e. The number of hydrogen-bond acceptors (Lipinski definition) is 5. The van der Waals surface area contributed by atoms with Gasteiger partial charge in [-0.15, -0.1) is 0 Å². The standard InChI is InChI=1S/C19H17NO5/c1-2-23-15-8-5-14(6-9-15)20-18(21)12-24-16-7-3-13-4-10-19(22)25-17(13)11-16/h3-11H,2,12H2,1H3,(H,20,21). The number of rotatable bonds is 6. The van der Waals surface area contributed by atoms with E-state index < -0.39 is 5.63 Å². The maximum Gasteiger partial charge on any atom is 0.336 e. The minimum absolute atomic E-state index is 0.157. The molecule has 3 aromatic rings. The molecule has 1 N–H and O–H groups in total. The van der Waals surface area contributed by atoms with Crippen molar-refractivity contribution in [1.82, 2.24) is 0 Å². The average Bonchev–Trinajstić information content (AvgIpc) is 2.61. The van der Waals surface area contributed by atoms with E-state index in [1.807, 2.05) is 6.92 Å². The van der Waals surface area contributed by atoms with Gasteiger partial charge in [0.2, 0.25) is 0 Å². The van der Waals surface area contributed by atoms with Gasteiger partial charge >= 0.3 is 5.63 Å². The van der Waals surface area contributed by atoms with E-state index in [4.69, 9.17) is 13.9 Å². The number of carbonyl (C=O) groups is 1. The second kappa shape index (κ2) is 7.53. The molecule has 0 aliphatic heterocycles. The second-order valence-corrected chi connectivity index (χ2v) is 5.25. The maximum atomic E-state index is 12.0. The molecule has 0 saturated heterocycles. The largest absolute Gasteiger partial charge is 0.494 e. The zero-order valence-corrected chi connectivity index (χ0v) is 13.7. The van der Waals surface area contributed by atoms with Gasteiger partial charge in [0.15, 0.2) is 6.61 Å². The molecule has 0 atom stereocenters. The average molecular weight is 339 g/mol. The van der Waals surface area contributed by atoms with Gasteiger partial charge in [0.25, 0.3) is 5.91 Å². The first-order valence-corrected chi connectivity index (χ1v) is 7.83. The van der Waals surface area contributed by atoms with Crippen LogP contribution in [0.4, 0.5) is 5.69 Å². The monoisotopic (exact) mass is 339 g/mol. The normalized spacial score (nSPS) is 10.4. The van der Waals surface area contributed by atoms with Crippen LogP contribution in [0.2, 0.25) is 0 Å². The number of benzene rings is 2. The molecule has 0 fully saturated rings. The van der Waals surface area contributed by atoms with Crippen LogP contribution >= 0.6 is 0 Å². The Labute approximate surface area is 144 Å². The number of anilines is 1. The molecule has 1 amide bonds. The van der Waals surface area contributed by atoms with Gasteiger partial charge in [-0.2, -0.15) is 0 Å². The third-order valence-electron chi connectivity index (χ3n) is 3.41. The number of fused-ring (bicyclic) bond motifs is 1. The van der Waals surface area contributed by atoms with Crippen molar-refractivity contribution in [3.05, 3.63) is 65.0 Å². The summed E-state index contributed by atoms with van der Waals surface area (Å²) >= 11 is 0. The Hall–Kier alpha value is -3.28. The lowest BCUT2D eigenvalue weighted by atomic mass is 10.2. The third-order valence-corrected chi connectivity index (χ3v) is 3.41. The molecule has 0 radical (unpaired) electrons. The highest BCUT2D eigenvalue weighted by molar-refractivity contribution is 5.92. The van der Waals surface area contributed by atoms with E-state index in [1.165, 1.54) is 6.07 Å². The zero-order chi connectivity index (χ0) is 17.6. The van der Waals surface area contributed by atoms with E-state index in [9.17, 15) is 9.59 Å². The molecule has 0 aliphatic carbocycles. The molecule has 0 unspecified atom stereocenters. The number of carbonyl (C=O) groups excluding carboxylic acids is 1. The van der Waals surface area contributed by atoms with Crippen LogP contribution in [0.3, 0.4) is 0 Å². The molecule has 0 spiro atoms. The minimum atomic E-state index is -0.433. The van der Waals surface area contributed by atoms with Crippen LogP contribution in [0, 0.1) is 0 Å². The summed E-state index contributed by atoms with van der Waals surface area (Å²) in [4.78, 5) is 23.2. The lowest BCUT2D eigenvalue weighted by Crippen LogP contribution is -2.20. The maximum absolute atomic E-state index is 12.0. The SMILES string of the molecule is CCOc1ccc(NC(=O)COc2ccc3ccc(=O)oc3c2)cc1. The molecular formula is C19H17NO5. The quantitative estimate of drug-likeness (QED) is 0.698.